The van der Waals surface area contributed by atoms with Gasteiger partial charge >= 0.3 is 0 Å². The monoisotopic (exact) mass is 410 g/mol. The Kier molecular flexibility index (Phi) is 5.97. The number of nitrogens with one attached hydrogen (secondary N) is 1. The van der Waals surface area contributed by atoms with E-state index < -0.39 is 0 Å². The summed E-state index contributed by atoms with van der Waals surface area (Å²) in [5.41, 5.74) is 4.87. The van der Waals surface area contributed by atoms with Crippen molar-refractivity contribution in [1.29, 1.82) is 0 Å². The minimum absolute atomic E-state index is 0.104. The third-order valence-electron chi connectivity index (χ3n) is 3.45. The van der Waals surface area contributed by atoms with Crippen LogP contribution in [0.2, 0.25) is 0 Å². The van der Waals surface area contributed by atoms with Gasteiger partial charge in [-0.3, -0.25) is 4.98 Å². The highest BCUT2D eigenvalue weighted by molar-refractivity contribution is 9.11. The van der Waals surface area contributed by atoms with Crippen molar-refractivity contribution in [3.63, 3.8) is 0 Å². The Morgan fingerprint density at radius 2 is 1.95 bits per heavy atom. The lowest BCUT2D eigenvalue weighted by atomic mass is 9.96. The molecule has 1 atom stereocenters. The first-order valence-corrected chi connectivity index (χ1v) is 8.73. The van der Waals surface area contributed by atoms with Gasteiger partial charge in [0.2, 0.25) is 0 Å². The highest BCUT2D eigenvalue weighted by Crippen LogP contribution is 2.31. The molecular weight excluding hydrogens is 392 g/mol. The zero-order chi connectivity index (χ0) is 15.4. The summed E-state index contributed by atoms with van der Waals surface area (Å²) in [7, 11) is 0. The molecule has 2 aromatic rings. The van der Waals surface area contributed by atoms with Gasteiger partial charge in [0.15, 0.2) is 0 Å². The Labute approximate surface area is 143 Å². The number of benzene rings is 1. The van der Waals surface area contributed by atoms with E-state index in [1.165, 1.54) is 16.7 Å². The summed E-state index contributed by atoms with van der Waals surface area (Å²) in [6.45, 7) is 7.42. The third-order valence-corrected chi connectivity index (χ3v) is 4.52. The fourth-order valence-corrected chi connectivity index (χ4v) is 3.57. The second-order valence-corrected chi connectivity index (χ2v) is 7.04. The molecule has 4 heteroatoms. The van der Waals surface area contributed by atoms with Gasteiger partial charge in [-0.1, -0.05) is 30.7 Å². The first-order chi connectivity index (χ1) is 10.0. The van der Waals surface area contributed by atoms with Crippen molar-refractivity contribution in [1.82, 2.24) is 10.3 Å². The molecule has 1 heterocycles. The molecule has 0 amide bonds. The summed E-state index contributed by atoms with van der Waals surface area (Å²) < 4.78 is 2.00. The standard InChI is InChI=1S/C17H20Br2N2/c1-4-7-20-16(14-8-11(2)5-6-12(14)3)17-15(19)9-13(18)10-21-17/h5-6,8-10,16,20H,4,7H2,1-3H3. The molecule has 1 aromatic heterocycles. The van der Waals surface area contributed by atoms with Crippen molar-refractivity contribution in [2.24, 2.45) is 0 Å². The molecule has 0 aliphatic heterocycles. The van der Waals surface area contributed by atoms with Crippen LogP contribution < -0.4 is 5.32 Å². The quantitative estimate of drug-likeness (QED) is 0.720. The van der Waals surface area contributed by atoms with Crippen LogP contribution in [-0.2, 0) is 0 Å². The molecule has 21 heavy (non-hydrogen) atoms. The van der Waals surface area contributed by atoms with Crippen LogP contribution in [0.5, 0.6) is 0 Å². The van der Waals surface area contributed by atoms with Gasteiger partial charge in [-0.15, -0.1) is 0 Å². The van der Waals surface area contributed by atoms with Crippen LogP contribution in [-0.4, -0.2) is 11.5 Å². The van der Waals surface area contributed by atoms with Crippen molar-refractivity contribution < 1.29 is 0 Å². The minimum Gasteiger partial charge on any atom is -0.305 e. The first kappa shape index (κ1) is 16.7. The summed E-state index contributed by atoms with van der Waals surface area (Å²) in [5, 5.41) is 3.62. The smallest absolute Gasteiger partial charge is 0.0765 e. The molecule has 0 radical (unpaired) electrons. The SMILES string of the molecule is CCCNC(c1cc(C)ccc1C)c1ncc(Br)cc1Br. The van der Waals surface area contributed by atoms with Crippen molar-refractivity contribution in [3.05, 3.63) is 61.8 Å². The molecule has 1 unspecified atom stereocenters. The highest BCUT2D eigenvalue weighted by Gasteiger charge is 2.19. The van der Waals surface area contributed by atoms with Crippen LogP contribution in [0.4, 0.5) is 0 Å². The molecule has 2 rings (SSSR count). The molecule has 0 aliphatic carbocycles. The number of halogens is 2. The van der Waals surface area contributed by atoms with Crippen LogP contribution >= 0.6 is 31.9 Å². The summed E-state index contributed by atoms with van der Waals surface area (Å²) in [4.78, 5) is 4.62. The van der Waals surface area contributed by atoms with Crippen LogP contribution in [0.3, 0.4) is 0 Å². The molecule has 0 saturated carbocycles. The molecule has 0 fully saturated rings. The number of hydrogen-bond donors (Lipinski definition) is 1. The van der Waals surface area contributed by atoms with E-state index in [-0.39, 0.29) is 6.04 Å². The number of aromatic nitrogens is 1. The molecule has 0 aliphatic rings. The molecule has 2 nitrogen and oxygen atoms in total. The van der Waals surface area contributed by atoms with Crippen LogP contribution in [0.25, 0.3) is 0 Å². The van der Waals surface area contributed by atoms with E-state index >= 15 is 0 Å². The molecule has 0 spiro atoms. The number of nitrogens with zero attached hydrogens (tertiary/aromatic N) is 1. The predicted octanol–water partition coefficient (Wildman–Crippen LogP) is 5.31. The minimum atomic E-state index is 0.104. The zero-order valence-corrected chi connectivity index (χ0v) is 15.8. The summed E-state index contributed by atoms with van der Waals surface area (Å²) >= 11 is 7.12. The van der Waals surface area contributed by atoms with E-state index in [2.05, 4.69) is 81.1 Å². The van der Waals surface area contributed by atoms with E-state index in [1.807, 2.05) is 12.3 Å². The van der Waals surface area contributed by atoms with Crippen LogP contribution in [0.1, 0.15) is 41.8 Å². The van der Waals surface area contributed by atoms with E-state index in [1.54, 1.807) is 0 Å². The summed E-state index contributed by atoms with van der Waals surface area (Å²) in [5.74, 6) is 0. The van der Waals surface area contributed by atoms with Gasteiger partial charge in [-0.05, 0) is 75.9 Å². The third kappa shape index (κ3) is 4.15. The molecule has 0 saturated heterocycles. The summed E-state index contributed by atoms with van der Waals surface area (Å²) in [6.07, 6.45) is 2.95. The molecule has 112 valence electrons. The fourth-order valence-electron chi connectivity index (χ4n) is 2.35. The van der Waals surface area contributed by atoms with E-state index in [0.717, 1.165) is 27.6 Å². The van der Waals surface area contributed by atoms with Gasteiger partial charge in [0.05, 0.1) is 11.7 Å². The lowest BCUT2D eigenvalue weighted by Gasteiger charge is -2.22. The van der Waals surface area contributed by atoms with Crippen LogP contribution in [0.15, 0.2) is 39.4 Å². The Morgan fingerprint density at radius 3 is 2.62 bits per heavy atom. The zero-order valence-electron chi connectivity index (χ0n) is 12.6. The first-order valence-electron chi connectivity index (χ1n) is 7.14. The van der Waals surface area contributed by atoms with Crippen molar-refractivity contribution in [2.75, 3.05) is 6.54 Å². The maximum Gasteiger partial charge on any atom is 0.0765 e. The molecule has 0 bridgehead atoms. The predicted molar refractivity (Wildman–Crippen MR) is 95.7 cm³/mol. The van der Waals surface area contributed by atoms with Crippen molar-refractivity contribution >= 4 is 31.9 Å². The fraction of sp³-hybridized carbons (Fsp3) is 0.353. The van der Waals surface area contributed by atoms with Gasteiger partial charge in [-0.2, -0.15) is 0 Å². The number of pyridine rings is 1. The van der Waals surface area contributed by atoms with Crippen LogP contribution in [0, 0.1) is 13.8 Å². The molecular formula is C17H20Br2N2. The average Bonchev–Trinajstić information content (AvgIpc) is 2.44. The normalized spacial score (nSPS) is 12.4. The topological polar surface area (TPSA) is 24.9 Å². The summed E-state index contributed by atoms with van der Waals surface area (Å²) in [6, 6.07) is 8.73. The highest BCUT2D eigenvalue weighted by atomic mass is 79.9. The Hall–Kier alpha value is -0.710. The van der Waals surface area contributed by atoms with E-state index in [0.29, 0.717) is 0 Å². The Bertz CT molecular complexity index is 626. The second kappa shape index (κ2) is 7.52. The maximum atomic E-state index is 4.62. The van der Waals surface area contributed by atoms with Gasteiger partial charge in [-0.25, -0.2) is 0 Å². The van der Waals surface area contributed by atoms with E-state index in [9.17, 15) is 0 Å². The lowest BCUT2D eigenvalue weighted by molar-refractivity contribution is 0.581. The molecule has 1 N–H and O–H groups in total. The largest absolute Gasteiger partial charge is 0.305 e. The second-order valence-electron chi connectivity index (χ2n) is 5.27. The van der Waals surface area contributed by atoms with Gasteiger partial charge in [0.1, 0.15) is 0 Å². The number of aryl methyl sites for hydroxylation is 2. The lowest BCUT2D eigenvalue weighted by Crippen LogP contribution is -2.25. The maximum absolute atomic E-state index is 4.62. The van der Waals surface area contributed by atoms with E-state index in [4.69, 9.17) is 0 Å². The van der Waals surface area contributed by atoms with Gasteiger partial charge in [0, 0.05) is 15.1 Å². The number of rotatable bonds is 5. The molecule has 1 aromatic carbocycles. The average molecular weight is 412 g/mol. The van der Waals surface area contributed by atoms with Gasteiger partial charge in [0.25, 0.3) is 0 Å². The van der Waals surface area contributed by atoms with Crippen molar-refractivity contribution in [3.8, 4) is 0 Å². The Balaban J connectivity index is 2.49. The Morgan fingerprint density at radius 1 is 1.19 bits per heavy atom. The van der Waals surface area contributed by atoms with Crippen molar-refractivity contribution in [2.45, 2.75) is 33.2 Å². The van der Waals surface area contributed by atoms with Gasteiger partial charge < -0.3 is 5.32 Å². The number of hydrogen-bond acceptors (Lipinski definition) is 2.